The van der Waals surface area contributed by atoms with Gasteiger partial charge in [0.1, 0.15) is 18.0 Å². The molecule has 8 aliphatic rings. The maximum Gasteiger partial charge on any atom is 0.172 e. The SMILES string of the molecule is C=C1C[C@@H]2CC[C@]34C[C@@H](O)C(O3)[C@H]3C[C@@H](O4)C4O[C@H](CC[C@@H]4O3)CC(=O)C[C@@H]3[C@@H](OC)[C@@H](C[C@H](O)CN)O[C@H]3C[C@H]3O[C@@H](CC[C@@H]1O2)C[C@@H](C)C3=C. The predicted molar refractivity (Wildman–Crippen MR) is 188 cm³/mol. The molecule has 2 unspecified atom stereocenters. The lowest BCUT2D eigenvalue weighted by Gasteiger charge is -2.47. The number of carbonyl (C=O) groups excluding carboxylic acids is 1. The van der Waals surface area contributed by atoms with E-state index in [0.29, 0.717) is 38.5 Å². The molecule has 292 valence electrons. The van der Waals surface area contributed by atoms with Crippen molar-refractivity contribution in [1.82, 2.24) is 0 Å². The van der Waals surface area contributed by atoms with E-state index in [0.717, 1.165) is 49.7 Å². The molecule has 0 aromatic carbocycles. The van der Waals surface area contributed by atoms with Gasteiger partial charge >= 0.3 is 0 Å². The molecule has 8 heterocycles. The highest BCUT2D eigenvalue weighted by atomic mass is 16.7. The number of hydrogen-bond acceptors (Lipinski definition) is 12. The molecule has 4 N–H and O–H groups in total. The van der Waals surface area contributed by atoms with Crippen LogP contribution in [0.3, 0.4) is 0 Å². The van der Waals surface area contributed by atoms with Crippen LogP contribution < -0.4 is 5.73 Å². The number of rotatable bonds is 4. The summed E-state index contributed by atoms with van der Waals surface area (Å²) in [6.45, 7) is 11.2. The second kappa shape index (κ2) is 15.3. The summed E-state index contributed by atoms with van der Waals surface area (Å²) in [5.74, 6) is -0.819. The largest absolute Gasteiger partial charge is 0.392 e. The first-order chi connectivity index (χ1) is 25.0. The summed E-state index contributed by atoms with van der Waals surface area (Å²) in [7, 11) is 1.65. The van der Waals surface area contributed by atoms with E-state index in [1.807, 2.05) is 0 Å². The second-order valence-corrected chi connectivity index (χ2v) is 17.2. The number of nitrogens with two attached hydrogens (primary N) is 1. The molecule has 8 rings (SSSR count). The van der Waals surface area contributed by atoms with Crippen molar-refractivity contribution in [3.05, 3.63) is 24.3 Å². The molecule has 8 fully saturated rings. The van der Waals surface area contributed by atoms with E-state index >= 15 is 0 Å². The molecule has 52 heavy (non-hydrogen) atoms. The maximum atomic E-state index is 14.0. The second-order valence-electron chi connectivity index (χ2n) is 17.2. The summed E-state index contributed by atoms with van der Waals surface area (Å²) < 4.78 is 52.9. The summed E-state index contributed by atoms with van der Waals surface area (Å²) in [5.41, 5.74) is 7.96. The minimum absolute atomic E-state index is 0.00397. The van der Waals surface area contributed by atoms with E-state index in [-0.39, 0.29) is 104 Å². The molecule has 0 aromatic heterocycles. The van der Waals surface area contributed by atoms with Crippen LogP contribution in [0.4, 0.5) is 0 Å². The molecule has 0 aromatic rings. The van der Waals surface area contributed by atoms with Gasteiger partial charge in [-0.2, -0.15) is 0 Å². The van der Waals surface area contributed by atoms with Gasteiger partial charge in [-0.15, -0.1) is 0 Å². The van der Waals surface area contributed by atoms with Crippen molar-refractivity contribution in [2.45, 2.75) is 194 Å². The topological polar surface area (TPSA) is 157 Å². The van der Waals surface area contributed by atoms with Gasteiger partial charge in [0.05, 0.1) is 79.4 Å². The normalized spacial score (nSPS) is 50.4. The molecular formula is C40H61NO11. The Morgan fingerprint density at radius 2 is 1.63 bits per heavy atom. The number of ether oxygens (including phenoxy) is 8. The molecule has 8 aliphatic heterocycles. The summed E-state index contributed by atoms with van der Waals surface area (Å²) in [4.78, 5) is 14.0. The van der Waals surface area contributed by atoms with E-state index in [9.17, 15) is 15.0 Å². The van der Waals surface area contributed by atoms with Crippen LogP contribution in [0.2, 0.25) is 0 Å². The van der Waals surface area contributed by atoms with Gasteiger partial charge in [0, 0.05) is 64.5 Å². The smallest absolute Gasteiger partial charge is 0.172 e. The number of carbonyl (C=O) groups is 1. The molecule has 1 spiro atoms. The van der Waals surface area contributed by atoms with Crippen LogP contribution in [0.1, 0.15) is 96.8 Å². The molecule has 8 saturated heterocycles. The monoisotopic (exact) mass is 731 g/mol. The van der Waals surface area contributed by atoms with E-state index in [2.05, 4.69) is 20.1 Å². The van der Waals surface area contributed by atoms with Crippen LogP contribution in [0.15, 0.2) is 24.3 Å². The van der Waals surface area contributed by atoms with Crippen LogP contribution in [0.5, 0.6) is 0 Å². The third-order valence-electron chi connectivity index (χ3n) is 13.6. The lowest BCUT2D eigenvalue weighted by molar-refractivity contribution is -0.277. The van der Waals surface area contributed by atoms with Crippen molar-refractivity contribution in [2.75, 3.05) is 13.7 Å². The minimum Gasteiger partial charge on any atom is -0.392 e. The Morgan fingerprint density at radius 1 is 0.846 bits per heavy atom. The first-order valence-electron chi connectivity index (χ1n) is 20.1. The Kier molecular flexibility index (Phi) is 11.1. The molecule has 0 aliphatic carbocycles. The zero-order valence-corrected chi connectivity index (χ0v) is 31.0. The van der Waals surface area contributed by atoms with Crippen LogP contribution in [-0.4, -0.2) is 127 Å². The Bertz CT molecular complexity index is 1330. The Labute approximate surface area is 308 Å². The fraction of sp³-hybridized carbons (Fsp3) is 0.875. The van der Waals surface area contributed by atoms with Gasteiger partial charge in [-0.1, -0.05) is 20.1 Å². The first kappa shape index (κ1) is 37.6. The van der Waals surface area contributed by atoms with E-state index in [1.165, 1.54) is 0 Å². The molecule has 18 atom stereocenters. The number of fused-ring (bicyclic) bond motifs is 9. The first-order valence-corrected chi connectivity index (χ1v) is 20.1. The van der Waals surface area contributed by atoms with Gasteiger partial charge in [0.2, 0.25) is 0 Å². The summed E-state index contributed by atoms with van der Waals surface area (Å²) >= 11 is 0. The Hall–Kier alpha value is -1.29. The van der Waals surface area contributed by atoms with Crippen LogP contribution >= 0.6 is 0 Å². The number of hydrogen-bond donors (Lipinski definition) is 3. The van der Waals surface area contributed by atoms with Crippen molar-refractivity contribution >= 4 is 5.78 Å². The third kappa shape index (κ3) is 7.48. The highest BCUT2D eigenvalue weighted by Gasteiger charge is 2.59. The maximum absolute atomic E-state index is 14.0. The van der Waals surface area contributed by atoms with Crippen LogP contribution in [0.25, 0.3) is 0 Å². The molecular weight excluding hydrogens is 670 g/mol. The van der Waals surface area contributed by atoms with Gasteiger partial charge in [0.15, 0.2) is 5.79 Å². The van der Waals surface area contributed by atoms with Crippen molar-refractivity contribution in [1.29, 1.82) is 0 Å². The van der Waals surface area contributed by atoms with Crippen molar-refractivity contribution in [3.63, 3.8) is 0 Å². The summed E-state index contributed by atoms with van der Waals surface area (Å²) in [6, 6.07) is 0. The molecule has 0 radical (unpaired) electrons. The van der Waals surface area contributed by atoms with Gasteiger partial charge < -0.3 is 53.8 Å². The standard InChI is InChI=1S/C40H61NO11/c1-20-11-25-5-7-30-21(2)12-27(46-30)9-10-40-18-29(44)38(52-40)35-17-36(51-40)39-31(49-35)8-6-26(48-39)13-23(42)14-28-33(16-32(47-25)22(20)3)50-34(37(28)45-4)15-24(43)19-41/h20,24-39,43-44H,2-3,5-19,41H2,1,4H3/t20-,24+,25+,26-,27+,28+,29-,30+,31+,32-,33+,34-,35-,36-,37-,38?,39?,40-/m1/s1. The Balaban J connectivity index is 1.06. The number of aliphatic hydroxyl groups is 2. The van der Waals surface area contributed by atoms with E-state index in [4.69, 9.17) is 43.6 Å². The number of aliphatic hydroxyl groups excluding tert-OH is 2. The van der Waals surface area contributed by atoms with E-state index in [1.54, 1.807) is 7.11 Å². The summed E-state index contributed by atoms with van der Waals surface area (Å²) in [5, 5.41) is 21.7. The van der Waals surface area contributed by atoms with Crippen LogP contribution in [-0.2, 0) is 42.7 Å². The number of Topliss-reactive ketones (excluding diaryl/α,β-unsaturated/α-hetero) is 1. The van der Waals surface area contributed by atoms with Crippen molar-refractivity contribution in [3.8, 4) is 0 Å². The average molecular weight is 732 g/mol. The fourth-order valence-corrected chi connectivity index (χ4v) is 10.8. The van der Waals surface area contributed by atoms with Crippen molar-refractivity contribution < 1.29 is 52.9 Å². The Morgan fingerprint density at radius 3 is 2.44 bits per heavy atom. The van der Waals surface area contributed by atoms with Gasteiger partial charge in [-0.05, 0) is 62.0 Å². The lowest BCUT2D eigenvalue weighted by atomic mass is 9.81. The quantitative estimate of drug-likeness (QED) is 0.363. The van der Waals surface area contributed by atoms with Gasteiger partial charge in [-0.3, -0.25) is 4.79 Å². The summed E-state index contributed by atoms with van der Waals surface area (Å²) in [6.07, 6.45) is 3.90. The number of methoxy groups -OCH3 is 1. The molecule has 12 heteroatoms. The molecule has 10 bridgehead atoms. The fourth-order valence-electron chi connectivity index (χ4n) is 10.8. The zero-order chi connectivity index (χ0) is 36.3. The molecule has 0 amide bonds. The predicted octanol–water partition coefficient (Wildman–Crippen LogP) is 3.42. The minimum atomic E-state index is -0.947. The van der Waals surface area contributed by atoms with Gasteiger partial charge in [-0.25, -0.2) is 0 Å². The van der Waals surface area contributed by atoms with Crippen LogP contribution in [0, 0.1) is 11.8 Å². The highest BCUT2D eigenvalue weighted by Crippen LogP contribution is 2.49. The zero-order valence-electron chi connectivity index (χ0n) is 31.0. The van der Waals surface area contributed by atoms with Crippen molar-refractivity contribution in [2.24, 2.45) is 17.6 Å². The highest BCUT2D eigenvalue weighted by molar-refractivity contribution is 5.79. The number of ketones is 1. The lowest BCUT2D eigenvalue weighted by Crippen LogP contribution is -2.58. The molecule has 12 nitrogen and oxygen atoms in total. The van der Waals surface area contributed by atoms with E-state index < -0.39 is 30.2 Å². The van der Waals surface area contributed by atoms with Gasteiger partial charge in [0.25, 0.3) is 0 Å². The average Bonchev–Trinajstić information content (AvgIpc) is 3.72. The molecule has 0 saturated carbocycles. The third-order valence-corrected chi connectivity index (χ3v) is 13.6.